The summed E-state index contributed by atoms with van der Waals surface area (Å²) in [6.45, 7) is 1.51. The molecule has 2 aromatic rings. The van der Waals surface area contributed by atoms with Gasteiger partial charge in [-0.05, 0) is 30.7 Å². The van der Waals surface area contributed by atoms with Gasteiger partial charge in [0.1, 0.15) is 17.3 Å². The molecule has 1 atom stereocenters. The number of carbonyl (C=O) groups excluding carboxylic acids is 2. The summed E-state index contributed by atoms with van der Waals surface area (Å²) >= 11 is 0. The number of nitrogens with two attached hydrogens (primary N) is 1. The molecule has 1 aliphatic heterocycles. The average molecular weight is 501 g/mol. The Labute approximate surface area is 205 Å². The fraction of sp³-hybridized carbons (Fsp3) is 0.240. The third-order valence-corrected chi connectivity index (χ3v) is 5.44. The van der Waals surface area contributed by atoms with E-state index in [0.717, 1.165) is 25.2 Å². The van der Waals surface area contributed by atoms with E-state index in [0.29, 0.717) is 11.6 Å². The zero-order valence-electron chi connectivity index (χ0n) is 19.6. The summed E-state index contributed by atoms with van der Waals surface area (Å²) in [6.07, 6.45) is -4.82. The Morgan fingerprint density at radius 3 is 2.25 bits per heavy atom. The van der Waals surface area contributed by atoms with E-state index in [1.807, 2.05) is 6.07 Å². The van der Waals surface area contributed by atoms with Gasteiger partial charge in [0.15, 0.2) is 0 Å². The highest BCUT2D eigenvalue weighted by Crippen LogP contribution is 2.45. The predicted molar refractivity (Wildman–Crippen MR) is 122 cm³/mol. The van der Waals surface area contributed by atoms with Gasteiger partial charge in [0, 0.05) is 5.69 Å². The number of anilines is 1. The summed E-state index contributed by atoms with van der Waals surface area (Å²) in [5.41, 5.74) is 4.40. The lowest BCUT2D eigenvalue weighted by Gasteiger charge is -2.36. The van der Waals surface area contributed by atoms with Gasteiger partial charge < -0.3 is 19.9 Å². The van der Waals surface area contributed by atoms with Crippen molar-refractivity contribution >= 4 is 17.6 Å². The van der Waals surface area contributed by atoms with Crippen molar-refractivity contribution in [2.75, 3.05) is 25.7 Å². The molecule has 0 fully saturated rings. The van der Waals surface area contributed by atoms with Crippen molar-refractivity contribution < 1.29 is 37.0 Å². The molecule has 0 radical (unpaired) electrons. The first-order chi connectivity index (χ1) is 17.1. The number of ether oxygens (including phenoxy) is 3. The second-order valence-corrected chi connectivity index (χ2v) is 7.45. The molecule has 0 amide bonds. The highest BCUT2D eigenvalue weighted by Gasteiger charge is 2.44. The van der Waals surface area contributed by atoms with Crippen LogP contribution in [-0.2, 0) is 25.2 Å². The van der Waals surface area contributed by atoms with E-state index in [1.165, 1.54) is 13.0 Å². The standard InChI is InChI=1S/C25H22F3N3O5/c1-4-36-18-11-10-15(12-17(18)25(26,27)28)31-21(24(33)35-3)20(23(32)34-2)19(16(13-29)22(31)30)14-8-6-5-7-9-14/h5-12,19H,4,30H2,1-3H3. The van der Waals surface area contributed by atoms with Crippen LogP contribution >= 0.6 is 0 Å². The van der Waals surface area contributed by atoms with Crippen LogP contribution in [0, 0.1) is 11.3 Å². The first-order valence-corrected chi connectivity index (χ1v) is 10.6. The number of allylic oxidation sites excluding steroid dienone is 1. The van der Waals surface area contributed by atoms with E-state index in [9.17, 15) is 28.0 Å². The zero-order chi connectivity index (χ0) is 26.6. The Hall–Kier alpha value is -4.46. The van der Waals surface area contributed by atoms with Gasteiger partial charge in [-0.25, -0.2) is 9.59 Å². The second kappa shape index (κ2) is 10.4. The van der Waals surface area contributed by atoms with Crippen LogP contribution < -0.4 is 15.4 Å². The van der Waals surface area contributed by atoms with Gasteiger partial charge in [0.25, 0.3) is 0 Å². The monoisotopic (exact) mass is 501 g/mol. The number of esters is 2. The smallest absolute Gasteiger partial charge is 0.420 e. The highest BCUT2D eigenvalue weighted by molar-refractivity contribution is 6.06. The summed E-state index contributed by atoms with van der Waals surface area (Å²) in [7, 11) is 2.11. The SMILES string of the molecule is CCOc1ccc(N2C(N)=C(C#N)C(c3ccccc3)C(C(=O)OC)=C2C(=O)OC)cc1C(F)(F)F. The first kappa shape index (κ1) is 26.2. The number of rotatable bonds is 6. The molecule has 0 bridgehead atoms. The van der Waals surface area contributed by atoms with Crippen LogP contribution in [0.2, 0.25) is 0 Å². The Morgan fingerprint density at radius 1 is 1.08 bits per heavy atom. The average Bonchev–Trinajstić information content (AvgIpc) is 2.87. The zero-order valence-corrected chi connectivity index (χ0v) is 19.6. The van der Waals surface area contributed by atoms with Crippen LogP contribution in [-0.4, -0.2) is 32.8 Å². The predicted octanol–water partition coefficient (Wildman–Crippen LogP) is 4.00. The lowest BCUT2D eigenvalue weighted by molar-refractivity contribution is -0.139. The summed E-state index contributed by atoms with van der Waals surface area (Å²) in [5, 5.41) is 10.0. The number of nitriles is 1. The van der Waals surface area contributed by atoms with E-state index in [-0.39, 0.29) is 29.3 Å². The fourth-order valence-corrected chi connectivity index (χ4v) is 3.94. The van der Waals surface area contributed by atoms with Crippen molar-refractivity contribution in [2.45, 2.75) is 19.0 Å². The Bertz CT molecular complexity index is 1280. The molecule has 36 heavy (non-hydrogen) atoms. The number of hydrogen-bond acceptors (Lipinski definition) is 8. The van der Waals surface area contributed by atoms with Crippen molar-refractivity contribution in [3.63, 3.8) is 0 Å². The topological polar surface area (TPSA) is 115 Å². The molecule has 1 heterocycles. The molecule has 0 spiro atoms. The Balaban J connectivity index is 2.41. The second-order valence-electron chi connectivity index (χ2n) is 7.45. The van der Waals surface area contributed by atoms with E-state index in [1.54, 1.807) is 30.3 Å². The molecule has 0 aromatic heterocycles. The molecule has 2 N–H and O–H groups in total. The van der Waals surface area contributed by atoms with Crippen molar-refractivity contribution in [3.05, 3.63) is 82.3 Å². The van der Waals surface area contributed by atoms with Crippen LogP contribution in [0.5, 0.6) is 5.75 Å². The summed E-state index contributed by atoms with van der Waals surface area (Å²) in [4.78, 5) is 26.9. The summed E-state index contributed by atoms with van der Waals surface area (Å²) in [5.74, 6) is -3.99. The van der Waals surface area contributed by atoms with Gasteiger partial charge in [-0.15, -0.1) is 0 Å². The van der Waals surface area contributed by atoms with Gasteiger partial charge in [0.05, 0.1) is 49.5 Å². The number of nitrogens with zero attached hydrogens (tertiary/aromatic N) is 2. The largest absolute Gasteiger partial charge is 0.493 e. The lowest BCUT2D eigenvalue weighted by atomic mass is 9.81. The minimum Gasteiger partial charge on any atom is -0.493 e. The summed E-state index contributed by atoms with van der Waals surface area (Å²) < 4.78 is 56.4. The van der Waals surface area contributed by atoms with E-state index < -0.39 is 41.0 Å². The molecular weight excluding hydrogens is 479 g/mol. The van der Waals surface area contributed by atoms with Gasteiger partial charge in [0.2, 0.25) is 0 Å². The third-order valence-electron chi connectivity index (χ3n) is 5.44. The van der Waals surface area contributed by atoms with Crippen LogP contribution in [0.3, 0.4) is 0 Å². The lowest BCUT2D eigenvalue weighted by Crippen LogP contribution is -2.40. The molecule has 11 heteroatoms. The van der Waals surface area contributed by atoms with Gasteiger partial charge >= 0.3 is 18.1 Å². The van der Waals surface area contributed by atoms with E-state index >= 15 is 0 Å². The number of alkyl halides is 3. The molecule has 3 rings (SSSR count). The molecule has 0 saturated carbocycles. The van der Waals surface area contributed by atoms with Crippen molar-refractivity contribution in [3.8, 4) is 11.8 Å². The van der Waals surface area contributed by atoms with Gasteiger partial charge in [-0.2, -0.15) is 18.4 Å². The maximum atomic E-state index is 13.9. The van der Waals surface area contributed by atoms with Crippen molar-refractivity contribution in [2.24, 2.45) is 5.73 Å². The molecule has 0 aliphatic carbocycles. The van der Waals surface area contributed by atoms with Crippen LogP contribution in [0.4, 0.5) is 18.9 Å². The quantitative estimate of drug-likeness (QED) is 0.591. The van der Waals surface area contributed by atoms with Crippen LogP contribution in [0.1, 0.15) is 24.0 Å². The minimum absolute atomic E-state index is 0.0225. The fourth-order valence-electron chi connectivity index (χ4n) is 3.94. The molecule has 0 saturated heterocycles. The van der Waals surface area contributed by atoms with Gasteiger partial charge in [-0.1, -0.05) is 30.3 Å². The molecule has 8 nitrogen and oxygen atoms in total. The summed E-state index contributed by atoms with van der Waals surface area (Å²) in [6, 6.07) is 13.2. The Morgan fingerprint density at radius 2 is 1.72 bits per heavy atom. The van der Waals surface area contributed by atoms with Gasteiger partial charge in [-0.3, -0.25) is 4.90 Å². The van der Waals surface area contributed by atoms with E-state index in [4.69, 9.17) is 19.9 Å². The Kier molecular flexibility index (Phi) is 7.58. The highest BCUT2D eigenvalue weighted by atomic mass is 19.4. The number of halogens is 3. The minimum atomic E-state index is -4.82. The normalized spacial score (nSPS) is 15.9. The molecule has 1 unspecified atom stereocenters. The maximum absolute atomic E-state index is 13.9. The molecule has 188 valence electrons. The van der Waals surface area contributed by atoms with Crippen LogP contribution in [0.25, 0.3) is 0 Å². The number of carbonyl (C=O) groups is 2. The van der Waals surface area contributed by atoms with Crippen molar-refractivity contribution in [1.29, 1.82) is 5.26 Å². The molecule has 1 aliphatic rings. The number of hydrogen-bond donors (Lipinski definition) is 1. The van der Waals surface area contributed by atoms with Crippen LogP contribution in [0.15, 0.2) is 71.2 Å². The molecular formula is C25H22F3N3O5. The van der Waals surface area contributed by atoms with E-state index in [2.05, 4.69) is 0 Å². The number of benzene rings is 2. The third kappa shape index (κ3) is 4.70. The van der Waals surface area contributed by atoms with Crippen molar-refractivity contribution in [1.82, 2.24) is 0 Å². The maximum Gasteiger partial charge on any atom is 0.420 e. The number of methoxy groups -OCH3 is 2. The molecule has 2 aromatic carbocycles. The first-order valence-electron chi connectivity index (χ1n) is 10.6.